The maximum absolute atomic E-state index is 12.9. The highest BCUT2D eigenvalue weighted by Crippen LogP contribution is 2.40. The molecule has 0 aliphatic heterocycles. The third-order valence-corrected chi connectivity index (χ3v) is 5.27. The molecule has 0 bridgehead atoms. The molecule has 3 rings (SSSR count). The van der Waals surface area contributed by atoms with Crippen molar-refractivity contribution in [3.05, 3.63) is 40.2 Å². The maximum atomic E-state index is 12.9. The van der Waals surface area contributed by atoms with Gasteiger partial charge in [0, 0.05) is 4.88 Å². The monoisotopic (exact) mass is 361 g/mol. The van der Waals surface area contributed by atoms with E-state index in [1.54, 1.807) is 12.1 Å². The molecule has 2 heterocycles. The molecule has 0 saturated carbocycles. The highest BCUT2D eigenvalue weighted by Gasteiger charge is 2.30. The molecule has 6 heteroatoms. The lowest BCUT2D eigenvalue weighted by Gasteiger charge is -2.19. The number of ether oxygens (including phenoxy) is 1. The number of hydrogen-bond acceptors (Lipinski definition) is 5. The van der Waals surface area contributed by atoms with Gasteiger partial charge >= 0.3 is 6.09 Å². The van der Waals surface area contributed by atoms with Crippen molar-refractivity contribution in [3.8, 4) is 0 Å². The van der Waals surface area contributed by atoms with E-state index in [1.165, 1.54) is 22.5 Å². The van der Waals surface area contributed by atoms with Crippen LogP contribution in [0.2, 0.25) is 0 Å². The Hall–Kier alpha value is -2.08. The minimum atomic E-state index is -0.597. The lowest BCUT2D eigenvalue weighted by Crippen LogP contribution is -2.27. The third-order valence-electron chi connectivity index (χ3n) is 4.10. The number of nitrogens with one attached hydrogen (secondary N) is 1. The summed E-state index contributed by atoms with van der Waals surface area (Å²) in [5.74, 6) is 0.668. The molecule has 2 aromatic rings. The van der Waals surface area contributed by atoms with E-state index < -0.39 is 11.7 Å². The smallest absolute Gasteiger partial charge is 0.412 e. The van der Waals surface area contributed by atoms with Crippen LogP contribution in [0.25, 0.3) is 0 Å². The van der Waals surface area contributed by atoms with Crippen molar-refractivity contribution in [2.24, 2.45) is 5.92 Å². The van der Waals surface area contributed by atoms with Crippen LogP contribution < -0.4 is 5.32 Å². The molecule has 0 aromatic carbocycles. The van der Waals surface area contributed by atoms with Crippen LogP contribution in [0, 0.1) is 5.92 Å². The third kappa shape index (κ3) is 3.95. The van der Waals surface area contributed by atoms with Gasteiger partial charge in [-0.3, -0.25) is 10.1 Å². The van der Waals surface area contributed by atoms with E-state index in [0.717, 1.165) is 24.8 Å². The summed E-state index contributed by atoms with van der Waals surface area (Å²) in [5, 5.41) is 3.33. The predicted molar refractivity (Wildman–Crippen MR) is 97.5 cm³/mol. The summed E-state index contributed by atoms with van der Waals surface area (Å²) in [4.78, 5) is 26.3. The van der Waals surface area contributed by atoms with Gasteiger partial charge in [-0.2, -0.15) is 0 Å². The van der Waals surface area contributed by atoms with E-state index in [1.807, 2.05) is 20.8 Å². The topological polar surface area (TPSA) is 68.5 Å². The Bertz CT molecular complexity index is 783. The molecule has 134 valence electrons. The van der Waals surface area contributed by atoms with Gasteiger partial charge in [0.15, 0.2) is 5.76 Å². The summed E-state index contributed by atoms with van der Waals surface area (Å²) in [6.45, 7) is 7.63. The SMILES string of the molecule is CC1CCc2c(sc(NC(=O)OC(C)(C)C)c2C(=O)c2ccco2)C1. The summed E-state index contributed by atoms with van der Waals surface area (Å²) in [6.07, 6.45) is 3.73. The Morgan fingerprint density at radius 1 is 1.36 bits per heavy atom. The number of thiophene rings is 1. The molecule has 1 aliphatic rings. The van der Waals surface area contributed by atoms with Gasteiger partial charge in [0.05, 0.1) is 11.8 Å². The first-order valence-electron chi connectivity index (χ1n) is 8.47. The molecular formula is C19H23NO4S. The van der Waals surface area contributed by atoms with Crippen molar-refractivity contribution < 1.29 is 18.7 Å². The van der Waals surface area contributed by atoms with Crippen LogP contribution in [0.4, 0.5) is 9.80 Å². The Morgan fingerprint density at radius 2 is 2.12 bits per heavy atom. The number of fused-ring (bicyclic) bond motifs is 1. The quantitative estimate of drug-likeness (QED) is 0.777. The number of anilines is 1. The average Bonchev–Trinajstić information content (AvgIpc) is 3.11. The van der Waals surface area contributed by atoms with Gasteiger partial charge in [0.25, 0.3) is 0 Å². The molecule has 0 fully saturated rings. The molecule has 2 aromatic heterocycles. The fraction of sp³-hybridized carbons (Fsp3) is 0.474. The lowest BCUT2D eigenvalue weighted by atomic mass is 9.87. The van der Waals surface area contributed by atoms with Gasteiger partial charge in [0.1, 0.15) is 10.6 Å². The van der Waals surface area contributed by atoms with Crippen LogP contribution >= 0.6 is 11.3 Å². The van der Waals surface area contributed by atoms with Gasteiger partial charge in [-0.15, -0.1) is 11.3 Å². The van der Waals surface area contributed by atoms with E-state index >= 15 is 0 Å². The Morgan fingerprint density at radius 3 is 2.76 bits per heavy atom. The van der Waals surface area contributed by atoms with Gasteiger partial charge in [0.2, 0.25) is 5.78 Å². The number of hydrogen-bond donors (Lipinski definition) is 1. The van der Waals surface area contributed by atoms with Crippen molar-refractivity contribution >= 4 is 28.2 Å². The van der Waals surface area contributed by atoms with Gasteiger partial charge in [-0.1, -0.05) is 6.92 Å². The molecule has 1 aliphatic carbocycles. The molecule has 1 unspecified atom stereocenters. The molecule has 1 amide bonds. The molecule has 25 heavy (non-hydrogen) atoms. The summed E-state index contributed by atoms with van der Waals surface area (Å²) in [6, 6.07) is 3.34. The van der Waals surface area contributed by atoms with E-state index in [-0.39, 0.29) is 11.5 Å². The minimum absolute atomic E-state index is 0.192. The first kappa shape index (κ1) is 17.7. The molecule has 5 nitrogen and oxygen atoms in total. The Kier molecular flexibility index (Phi) is 4.73. The van der Waals surface area contributed by atoms with Crippen molar-refractivity contribution in [1.82, 2.24) is 0 Å². The van der Waals surface area contributed by atoms with Gasteiger partial charge in [-0.25, -0.2) is 4.79 Å². The van der Waals surface area contributed by atoms with Crippen LogP contribution in [-0.4, -0.2) is 17.5 Å². The first-order chi connectivity index (χ1) is 11.7. The second-order valence-electron chi connectivity index (χ2n) is 7.49. The summed E-state index contributed by atoms with van der Waals surface area (Å²) in [7, 11) is 0. The highest BCUT2D eigenvalue weighted by molar-refractivity contribution is 7.17. The molecule has 0 spiro atoms. The number of ketones is 1. The number of furan rings is 1. The van der Waals surface area contributed by atoms with Crippen molar-refractivity contribution in [2.75, 3.05) is 5.32 Å². The molecule has 0 radical (unpaired) electrons. The van der Waals surface area contributed by atoms with E-state index in [0.29, 0.717) is 16.5 Å². The van der Waals surface area contributed by atoms with E-state index in [4.69, 9.17) is 9.15 Å². The van der Waals surface area contributed by atoms with Crippen LogP contribution in [0.1, 0.15) is 60.7 Å². The lowest BCUT2D eigenvalue weighted by molar-refractivity contribution is 0.0636. The molecule has 1 N–H and O–H groups in total. The maximum Gasteiger partial charge on any atom is 0.412 e. The zero-order valence-corrected chi connectivity index (χ0v) is 15.8. The zero-order valence-electron chi connectivity index (χ0n) is 15.0. The summed E-state index contributed by atoms with van der Waals surface area (Å²) in [5.41, 5.74) is 0.990. The van der Waals surface area contributed by atoms with E-state index in [9.17, 15) is 9.59 Å². The molecular weight excluding hydrogens is 338 g/mol. The number of amides is 1. The second kappa shape index (κ2) is 6.67. The van der Waals surface area contributed by atoms with Crippen LogP contribution in [0.15, 0.2) is 22.8 Å². The largest absolute Gasteiger partial charge is 0.461 e. The fourth-order valence-corrected chi connectivity index (χ4v) is 4.40. The summed E-state index contributed by atoms with van der Waals surface area (Å²) < 4.78 is 10.6. The van der Waals surface area contributed by atoms with Crippen LogP contribution in [0.5, 0.6) is 0 Å². The first-order valence-corrected chi connectivity index (χ1v) is 9.29. The van der Waals surface area contributed by atoms with Crippen LogP contribution in [-0.2, 0) is 17.6 Å². The molecule has 1 atom stereocenters. The summed E-state index contributed by atoms with van der Waals surface area (Å²) >= 11 is 1.47. The van der Waals surface area contributed by atoms with Gasteiger partial charge < -0.3 is 9.15 Å². The number of carbonyl (C=O) groups excluding carboxylic acids is 2. The van der Waals surface area contributed by atoms with E-state index in [2.05, 4.69) is 12.2 Å². The number of rotatable bonds is 3. The Labute approximate surface area is 151 Å². The fourth-order valence-electron chi connectivity index (χ4n) is 3.01. The Balaban J connectivity index is 1.96. The highest BCUT2D eigenvalue weighted by atomic mass is 32.1. The van der Waals surface area contributed by atoms with Crippen molar-refractivity contribution in [2.45, 2.75) is 52.6 Å². The van der Waals surface area contributed by atoms with Crippen molar-refractivity contribution in [3.63, 3.8) is 0 Å². The minimum Gasteiger partial charge on any atom is -0.461 e. The van der Waals surface area contributed by atoms with Crippen LogP contribution in [0.3, 0.4) is 0 Å². The average molecular weight is 361 g/mol. The standard InChI is InChI=1S/C19H23NO4S/c1-11-7-8-12-14(10-11)25-17(20-18(22)24-19(2,3)4)15(12)16(21)13-6-5-9-23-13/h5-6,9,11H,7-8,10H2,1-4H3,(H,20,22). The van der Waals surface area contributed by atoms with Gasteiger partial charge in [-0.05, 0) is 63.6 Å². The number of carbonyl (C=O) groups is 2. The second-order valence-corrected chi connectivity index (χ2v) is 8.59. The zero-order chi connectivity index (χ0) is 18.2. The normalized spacial score (nSPS) is 17.0. The predicted octanol–water partition coefficient (Wildman–Crippen LogP) is 5.04. The molecule has 0 saturated heterocycles. The van der Waals surface area contributed by atoms with Crippen molar-refractivity contribution in [1.29, 1.82) is 0 Å².